The second-order valence-corrected chi connectivity index (χ2v) is 3.19. The zero-order chi connectivity index (χ0) is 10.3. The van der Waals surface area contributed by atoms with Crippen molar-refractivity contribution in [3.05, 3.63) is 40.6 Å². The molecule has 0 aliphatic heterocycles. The lowest BCUT2D eigenvalue weighted by Gasteiger charge is -2.03. The Morgan fingerprint density at radius 1 is 1.43 bits per heavy atom. The van der Waals surface area contributed by atoms with Gasteiger partial charge in [-0.3, -0.25) is 4.79 Å². The van der Waals surface area contributed by atoms with Crippen LogP contribution in [-0.4, -0.2) is 12.4 Å². The van der Waals surface area contributed by atoms with E-state index >= 15 is 0 Å². The maximum atomic E-state index is 13.1. The van der Waals surface area contributed by atoms with Gasteiger partial charge in [0, 0.05) is 13.2 Å². The first-order valence-electron chi connectivity index (χ1n) is 4.14. The zero-order valence-corrected chi connectivity index (χ0v) is 7.62. The molecule has 1 heterocycles. The summed E-state index contributed by atoms with van der Waals surface area (Å²) in [6, 6.07) is 4.37. The Morgan fingerprint density at radius 2 is 2.14 bits per heavy atom. The SMILES string of the molecule is [B]c1cc2ccn(C)c(=O)c2cc1F. The van der Waals surface area contributed by atoms with Gasteiger partial charge >= 0.3 is 0 Å². The minimum atomic E-state index is -0.555. The molecule has 2 nitrogen and oxygen atoms in total. The van der Waals surface area contributed by atoms with Crippen LogP contribution in [-0.2, 0) is 7.05 Å². The molecule has 2 radical (unpaired) electrons. The molecule has 0 saturated carbocycles. The zero-order valence-electron chi connectivity index (χ0n) is 7.62. The Kier molecular flexibility index (Phi) is 1.91. The Bertz CT molecular complexity index is 562. The van der Waals surface area contributed by atoms with Gasteiger partial charge in [0.05, 0.1) is 5.39 Å². The number of hydrogen-bond acceptors (Lipinski definition) is 1. The van der Waals surface area contributed by atoms with E-state index in [4.69, 9.17) is 7.85 Å². The van der Waals surface area contributed by atoms with Gasteiger partial charge in [-0.05, 0) is 17.5 Å². The summed E-state index contributed by atoms with van der Waals surface area (Å²) in [7, 11) is 7.01. The maximum Gasteiger partial charge on any atom is 0.258 e. The van der Waals surface area contributed by atoms with Crippen LogP contribution in [0.5, 0.6) is 0 Å². The summed E-state index contributed by atoms with van der Waals surface area (Å²) in [5.41, 5.74) is -0.160. The van der Waals surface area contributed by atoms with Crippen LogP contribution >= 0.6 is 0 Å². The van der Waals surface area contributed by atoms with Crippen LogP contribution in [0.1, 0.15) is 0 Å². The van der Waals surface area contributed by atoms with Crippen LogP contribution in [0.2, 0.25) is 0 Å². The normalized spacial score (nSPS) is 10.7. The van der Waals surface area contributed by atoms with Crippen LogP contribution in [0.3, 0.4) is 0 Å². The number of rotatable bonds is 0. The topological polar surface area (TPSA) is 22.0 Å². The third kappa shape index (κ3) is 1.23. The number of fused-ring (bicyclic) bond motifs is 1. The van der Waals surface area contributed by atoms with Gasteiger partial charge < -0.3 is 4.57 Å². The molecular formula is C10H7BFNO. The molecule has 0 fully saturated rings. The summed E-state index contributed by atoms with van der Waals surface area (Å²) < 4.78 is 14.5. The van der Waals surface area contributed by atoms with Crippen molar-refractivity contribution in [3.63, 3.8) is 0 Å². The molecule has 0 bridgehead atoms. The minimum Gasteiger partial charge on any atom is -0.318 e. The second-order valence-electron chi connectivity index (χ2n) is 3.19. The van der Waals surface area contributed by atoms with Crippen LogP contribution in [0.4, 0.5) is 4.39 Å². The second kappa shape index (κ2) is 2.98. The van der Waals surface area contributed by atoms with Gasteiger partial charge in [-0.1, -0.05) is 11.5 Å². The van der Waals surface area contributed by atoms with E-state index in [0.717, 1.165) is 0 Å². The first kappa shape index (κ1) is 9.00. The average Bonchev–Trinajstić information content (AvgIpc) is 2.15. The quantitative estimate of drug-likeness (QED) is 0.549. The van der Waals surface area contributed by atoms with Crippen molar-refractivity contribution in [2.45, 2.75) is 0 Å². The Labute approximate surface area is 81.4 Å². The molecular weight excluding hydrogens is 180 g/mol. The molecule has 0 N–H and O–H groups in total. The smallest absolute Gasteiger partial charge is 0.258 e. The van der Waals surface area contributed by atoms with Gasteiger partial charge in [-0.2, -0.15) is 0 Å². The monoisotopic (exact) mass is 187 g/mol. The lowest BCUT2D eigenvalue weighted by atomic mass is 9.93. The van der Waals surface area contributed by atoms with Crippen molar-refractivity contribution in [1.82, 2.24) is 4.57 Å². The van der Waals surface area contributed by atoms with E-state index in [2.05, 4.69) is 0 Å². The van der Waals surface area contributed by atoms with Gasteiger partial charge in [0.1, 0.15) is 13.7 Å². The number of aromatic nitrogens is 1. The molecule has 0 unspecified atom stereocenters. The fraction of sp³-hybridized carbons (Fsp3) is 0.100. The van der Waals surface area contributed by atoms with E-state index in [9.17, 15) is 9.18 Å². The third-order valence-electron chi connectivity index (χ3n) is 2.20. The van der Waals surface area contributed by atoms with Crippen molar-refractivity contribution in [3.8, 4) is 0 Å². The Balaban J connectivity index is 2.97. The van der Waals surface area contributed by atoms with E-state index in [1.165, 1.54) is 16.7 Å². The molecule has 68 valence electrons. The molecule has 2 rings (SSSR count). The molecule has 1 aromatic carbocycles. The predicted molar refractivity (Wildman–Crippen MR) is 54.5 cm³/mol. The molecule has 0 aliphatic carbocycles. The summed E-state index contributed by atoms with van der Waals surface area (Å²) >= 11 is 0. The van der Waals surface area contributed by atoms with Gasteiger partial charge in [-0.25, -0.2) is 4.39 Å². The van der Waals surface area contributed by atoms with E-state index < -0.39 is 5.82 Å². The van der Waals surface area contributed by atoms with Gasteiger partial charge in [0.25, 0.3) is 5.56 Å². The summed E-state index contributed by atoms with van der Waals surface area (Å²) in [6.45, 7) is 0. The molecule has 0 aliphatic rings. The molecule has 2 aromatic rings. The number of aryl methyl sites for hydroxylation is 1. The van der Waals surface area contributed by atoms with Crippen LogP contribution < -0.4 is 11.0 Å². The lowest BCUT2D eigenvalue weighted by Crippen LogP contribution is -2.18. The maximum absolute atomic E-state index is 13.1. The summed E-state index contributed by atoms with van der Waals surface area (Å²) in [5, 5.41) is 1.01. The number of nitrogens with zero attached hydrogens (tertiary/aromatic N) is 1. The van der Waals surface area contributed by atoms with Crippen LogP contribution in [0.25, 0.3) is 10.8 Å². The Hall–Kier alpha value is -1.58. The third-order valence-corrected chi connectivity index (χ3v) is 2.20. The fourth-order valence-electron chi connectivity index (χ4n) is 1.38. The largest absolute Gasteiger partial charge is 0.318 e. The summed E-state index contributed by atoms with van der Waals surface area (Å²) in [4.78, 5) is 11.5. The lowest BCUT2D eigenvalue weighted by molar-refractivity contribution is 0.637. The van der Waals surface area contributed by atoms with Crippen LogP contribution in [0, 0.1) is 5.82 Å². The highest BCUT2D eigenvalue weighted by Gasteiger charge is 2.03. The Morgan fingerprint density at radius 3 is 2.86 bits per heavy atom. The predicted octanol–water partition coefficient (Wildman–Crippen LogP) is 0.471. The highest BCUT2D eigenvalue weighted by molar-refractivity contribution is 6.33. The standard InChI is InChI=1S/C10H7BFNO/c1-13-3-2-6-4-8(11)9(12)5-7(6)10(13)14/h2-5H,1H3. The van der Waals surface area contributed by atoms with Crippen LogP contribution in [0.15, 0.2) is 29.2 Å². The number of halogens is 1. The number of hydrogen-bond donors (Lipinski definition) is 0. The van der Waals surface area contributed by atoms with Crippen molar-refractivity contribution < 1.29 is 4.39 Å². The molecule has 0 amide bonds. The van der Waals surface area contributed by atoms with Gasteiger partial charge in [0.2, 0.25) is 0 Å². The summed E-state index contributed by atoms with van der Waals surface area (Å²) in [5.74, 6) is -0.555. The van der Waals surface area contributed by atoms with Crippen molar-refractivity contribution in [2.75, 3.05) is 0 Å². The van der Waals surface area contributed by atoms with E-state index in [1.807, 2.05) is 0 Å². The highest BCUT2D eigenvalue weighted by Crippen LogP contribution is 2.08. The van der Waals surface area contributed by atoms with Crippen molar-refractivity contribution >= 4 is 24.1 Å². The summed E-state index contributed by atoms with van der Waals surface area (Å²) in [6.07, 6.45) is 1.63. The van der Waals surface area contributed by atoms with E-state index in [-0.39, 0.29) is 11.0 Å². The highest BCUT2D eigenvalue weighted by atomic mass is 19.1. The first-order valence-corrected chi connectivity index (χ1v) is 4.14. The number of pyridine rings is 1. The van der Waals surface area contributed by atoms with E-state index in [1.54, 1.807) is 19.3 Å². The van der Waals surface area contributed by atoms with Gasteiger partial charge in [0.15, 0.2) is 0 Å². The molecule has 4 heteroatoms. The number of benzene rings is 1. The van der Waals surface area contributed by atoms with Gasteiger partial charge in [-0.15, -0.1) is 0 Å². The average molecular weight is 187 g/mol. The molecule has 0 atom stereocenters. The molecule has 0 saturated heterocycles. The first-order chi connectivity index (χ1) is 6.59. The van der Waals surface area contributed by atoms with E-state index in [0.29, 0.717) is 10.8 Å². The minimum absolute atomic E-state index is 0.0609. The molecule has 1 aromatic heterocycles. The van der Waals surface area contributed by atoms with Crippen molar-refractivity contribution in [2.24, 2.45) is 7.05 Å². The van der Waals surface area contributed by atoms with Crippen molar-refractivity contribution in [1.29, 1.82) is 0 Å². The molecule has 0 spiro atoms. The molecule has 14 heavy (non-hydrogen) atoms. The fourth-order valence-corrected chi connectivity index (χ4v) is 1.38.